The maximum Gasteiger partial charge on any atom is 0.408 e. The first kappa shape index (κ1) is 39.3. The van der Waals surface area contributed by atoms with Gasteiger partial charge in [-0.2, -0.15) is 0 Å². The van der Waals surface area contributed by atoms with Gasteiger partial charge in [0.25, 0.3) is 0 Å². The normalized spacial score (nSPS) is 12.0. The van der Waals surface area contributed by atoms with Gasteiger partial charge in [-0.25, -0.2) is 19.4 Å². The van der Waals surface area contributed by atoms with Crippen LogP contribution >= 0.6 is 0 Å². The molecule has 2 amide bonds. The highest BCUT2D eigenvalue weighted by molar-refractivity contribution is 5.98. The molecule has 11 heteroatoms. The number of hydrogen-bond acceptors (Lipinski definition) is 8. The Morgan fingerprint density at radius 1 is 0.804 bits per heavy atom. The number of hydrogen-bond donors (Lipinski definition) is 3. The monoisotopic (exact) mass is 756 g/mol. The molecule has 0 saturated heterocycles. The number of carbonyl (C=O) groups excluding carboxylic acids is 3. The lowest BCUT2D eigenvalue weighted by Gasteiger charge is -2.24. The van der Waals surface area contributed by atoms with Crippen molar-refractivity contribution in [3.05, 3.63) is 149 Å². The Morgan fingerprint density at radius 2 is 1.46 bits per heavy atom. The Morgan fingerprint density at radius 3 is 2.14 bits per heavy atom. The number of aromatic nitrogens is 2. The van der Waals surface area contributed by atoms with Crippen LogP contribution in [0.3, 0.4) is 0 Å². The van der Waals surface area contributed by atoms with Gasteiger partial charge in [0.15, 0.2) is 5.69 Å². The molecule has 1 atom stereocenters. The van der Waals surface area contributed by atoms with Crippen molar-refractivity contribution in [3.8, 4) is 11.1 Å². The van der Waals surface area contributed by atoms with Gasteiger partial charge in [-0.3, -0.25) is 0 Å². The van der Waals surface area contributed by atoms with Crippen LogP contribution in [0.15, 0.2) is 114 Å². The van der Waals surface area contributed by atoms with E-state index < -0.39 is 29.8 Å². The van der Waals surface area contributed by atoms with Gasteiger partial charge >= 0.3 is 18.2 Å². The number of nitrogens with zero attached hydrogens (tertiary/aromatic N) is 1. The minimum absolute atomic E-state index is 0.0443. The van der Waals surface area contributed by atoms with Crippen molar-refractivity contribution in [2.75, 3.05) is 6.54 Å². The zero-order chi connectivity index (χ0) is 39.7. The zero-order valence-corrected chi connectivity index (χ0v) is 32.4. The molecule has 2 aromatic heterocycles. The average molecular weight is 757 g/mol. The van der Waals surface area contributed by atoms with Gasteiger partial charge in [-0.05, 0) is 72.6 Å². The maximum absolute atomic E-state index is 13.6. The van der Waals surface area contributed by atoms with E-state index in [9.17, 15) is 14.4 Å². The molecule has 11 nitrogen and oxygen atoms in total. The van der Waals surface area contributed by atoms with Crippen LogP contribution in [0.4, 0.5) is 9.59 Å². The number of benzene rings is 4. The largest absolute Gasteiger partial charge is 0.456 e. The van der Waals surface area contributed by atoms with Crippen molar-refractivity contribution >= 4 is 29.1 Å². The molecule has 0 radical (unpaired) electrons. The van der Waals surface area contributed by atoms with Gasteiger partial charge in [0.1, 0.15) is 30.6 Å². The molecule has 0 bridgehead atoms. The molecule has 6 rings (SSSR count). The SMILES string of the molecule is CC(C)[C@H](NC(=O)OC(C)(C)C)c1nc(C(=O)OCc2ccccc2)c(Cc2cccc(-c3cccc4[nH]cc(CCNC(=O)OCc5ccccc5)c34)c2)o1. The number of ether oxygens (including phenoxy) is 3. The Labute approximate surface area is 326 Å². The summed E-state index contributed by atoms with van der Waals surface area (Å²) in [5.74, 6) is -0.272. The Hall–Kier alpha value is -6.36. The molecule has 3 N–H and O–H groups in total. The van der Waals surface area contributed by atoms with Crippen LogP contribution < -0.4 is 10.6 Å². The van der Waals surface area contributed by atoms with Gasteiger partial charge in [-0.15, -0.1) is 0 Å². The van der Waals surface area contributed by atoms with E-state index in [1.807, 2.05) is 111 Å². The number of H-pyrrole nitrogens is 1. The number of aromatic amines is 1. The highest BCUT2D eigenvalue weighted by Crippen LogP contribution is 2.33. The minimum Gasteiger partial charge on any atom is -0.456 e. The Bertz CT molecular complexity index is 2250. The third kappa shape index (κ3) is 10.4. The summed E-state index contributed by atoms with van der Waals surface area (Å²) in [4.78, 5) is 46.9. The van der Waals surface area contributed by atoms with Crippen molar-refractivity contribution < 1.29 is 33.0 Å². The average Bonchev–Trinajstić information content (AvgIpc) is 3.79. The molecule has 6 aromatic rings. The molecular weight excluding hydrogens is 709 g/mol. The molecular formula is C45H48N4O7. The van der Waals surface area contributed by atoms with E-state index in [0.29, 0.717) is 18.7 Å². The van der Waals surface area contributed by atoms with Gasteiger partial charge in [0.05, 0.1) is 0 Å². The first-order valence-corrected chi connectivity index (χ1v) is 18.8. The van der Waals surface area contributed by atoms with E-state index in [1.165, 1.54) is 0 Å². The quantitative estimate of drug-likeness (QED) is 0.0737. The lowest BCUT2D eigenvalue weighted by atomic mass is 9.96. The van der Waals surface area contributed by atoms with E-state index in [-0.39, 0.29) is 37.1 Å². The topological polar surface area (TPSA) is 145 Å². The molecule has 290 valence electrons. The van der Waals surface area contributed by atoms with Crippen LogP contribution in [-0.2, 0) is 40.3 Å². The van der Waals surface area contributed by atoms with Crippen molar-refractivity contribution in [1.29, 1.82) is 0 Å². The summed E-state index contributed by atoms with van der Waals surface area (Å²) < 4.78 is 23.0. The van der Waals surface area contributed by atoms with E-state index in [4.69, 9.17) is 18.6 Å². The van der Waals surface area contributed by atoms with E-state index >= 15 is 0 Å². The highest BCUT2D eigenvalue weighted by atomic mass is 16.6. The van der Waals surface area contributed by atoms with Crippen LogP contribution in [-0.4, -0.2) is 40.3 Å². The van der Waals surface area contributed by atoms with E-state index in [0.717, 1.165) is 44.3 Å². The summed E-state index contributed by atoms with van der Waals surface area (Å²) in [6.45, 7) is 9.87. The molecule has 0 saturated carbocycles. The van der Waals surface area contributed by atoms with Gasteiger partial charge < -0.3 is 34.2 Å². The van der Waals surface area contributed by atoms with Crippen LogP contribution in [0, 0.1) is 5.92 Å². The molecule has 0 fully saturated rings. The molecule has 0 spiro atoms. The first-order chi connectivity index (χ1) is 26.9. The number of nitrogens with one attached hydrogen (secondary N) is 3. The first-order valence-electron chi connectivity index (χ1n) is 18.8. The summed E-state index contributed by atoms with van der Waals surface area (Å²) in [6, 6.07) is 32.4. The van der Waals surface area contributed by atoms with Crippen LogP contribution in [0.25, 0.3) is 22.0 Å². The van der Waals surface area contributed by atoms with Crippen molar-refractivity contribution in [2.24, 2.45) is 5.92 Å². The third-order valence-corrected chi connectivity index (χ3v) is 8.99. The lowest BCUT2D eigenvalue weighted by molar-refractivity contribution is 0.0461. The number of oxazole rings is 1. The third-order valence-electron chi connectivity index (χ3n) is 8.99. The number of rotatable bonds is 14. The zero-order valence-electron chi connectivity index (χ0n) is 32.4. The predicted octanol–water partition coefficient (Wildman–Crippen LogP) is 9.46. The molecule has 0 unspecified atom stereocenters. The summed E-state index contributed by atoms with van der Waals surface area (Å²) in [5, 5.41) is 6.78. The van der Waals surface area contributed by atoms with Crippen LogP contribution in [0.5, 0.6) is 0 Å². The number of carbonyl (C=O) groups is 3. The number of amides is 2. The van der Waals surface area contributed by atoms with Crippen LogP contribution in [0.1, 0.15) is 85.1 Å². The van der Waals surface area contributed by atoms with Crippen LogP contribution in [0.2, 0.25) is 0 Å². The smallest absolute Gasteiger partial charge is 0.408 e. The van der Waals surface area contributed by atoms with Gasteiger partial charge in [-0.1, -0.05) is 111 Å². The van der Waals surface area contributed by atoms with Crippen molar-refractivity contribution in [3.63, 3.8) is 0 Å². The predicted molar refractivity (Wildman–Crippen MR) is 214 cm³/mol. The van der Waals surface area contributed by atoms with Crippen molar-refractivity contribution in [1.82, 2.24) is 20.6 Å². The molecule has 2 heterocycles. The minimum atomic E-state index is -0.705. The highest BCUT2D eigenvalue weighted by Gasteiger charge is 2.30. The second-order valence-electron chi connectivity index (χ2n) is 14.9. The number of alkyl carbamates (subject to hydrolysis) is 2. The molecule has 0 aliphatic heterocycles. The maximum atomic E-state index is 13.6. The van der Waals surface area contributed by atoms with E-state index in [1.54, 1.807) is 20.8 Å². The second-order valence-corrected chi connectivity index (χ2v) is 14.9. The summed E-state index contributed by atoms with van der Waals surface area (Å²) in [7, 11) is 0. The second kappa shape index (κ2) is 17.9. The molecule has 56 heavy (non-hydrogen) atoms. The standard InChI is InChI=1S/C45H48N4O7/c1-29(2)39(49-44(52)56-45(3,4)5)41-48-40(42(50)53-27-30-14-8-6-9-15-30)37(55-41)25-32-18-12-19-33(24-32)35-20-13-21-36-38(35)34(26-47-36)22-23-46-43(51)54-28-31-16-10-7-11-17-31/h6-21,24,26,29,39,47H,22-23,25,27-28H2,1-5H3,(H,46,51)(H,49,52)/t39-/m0/s1. The van der Waals surface area contributed by atoms with Crippen molar-refractivity contribution in [2.45, 2.75) is 72.3 Å². The fourth-order valence-corrected chi connectivity index (χ4v) is 6.32. The Balaban J connectivity index is 1.23. The molecule has 0 aliphatic carbocycles. The Kier molecular flexibility index (Phi) is 12.5. The summed E-state index contributed by atoms with van der Waals surface area (Å²) in [6.07, 6.45) is 1.70. The van der Waals surface area contributed by atoms with Gasteiger partial charge in [0, 0.05) is 30.1 Å². The summed E-state index contributed by atoms with van der Waals surface area (Å²) >= 11 is 0. The fourth-order valence-electron chi connectivity index (χ4n) is 6.32. The molecule has 4 aromatic carbocycles. The lowest BCUT2D eigenvalue weighted by Crippen LogP contribution is -2.37. The number of fused-ring (bicyclic) bond motifs is 1. The van der Waals surface area contributed by atoms with Gasteiger partial charge in [0.2, 0.25) is 5.89 Å². The fraction of sp³-hybridized carbons (Fsp3) is 0.289. The number of esters is 1. The molecule has 0 aliphatic rings. The summed E-state index contributed by atoms with van der Waals surface area (Å²) in [5.41, 5.74) is 5.96. The van der Waals surface area contributed by atoms with E-state index in [2.05, 4.69) is 32.7 Å².